The van der Waals surface area contributed by atoms with Crippen molar-refractivity contribution in [1.82, 2.24) is 0 Å². The van der Waals surface area contributed by atoms with Crippen molar-refractivity contribution in [1.29, 1.82) is 0 Å². The molecule has 23 heavy (non-hydrogen) atoms. The Balaban J connectivity index is 1.87. The van der Waals surface area contributed by atoms with E-state index >= 15 is 0 Å². The first kappa shape index (κ1) is 15.8. The zero-order chi connectivity index (χ0) is 16.6. The number of benzene rings is 2. The normalized spacial score (nSPS) is 16.8. The van der Waals surface area contributed by atoms with E-state index in [0.29, 0.717) is 0 Å². The molecule has 3 rings (SSSR count). The molecule has 0 radical (unpaired) electrons. The van der Waals surface area contributed by atoms with Gasteiger partial charge in [0.25, 0.3) is 0 Å². The highest BCUT2D eigenvalue weighted by Crippen LogP contribution is 2.42. The average molecular weight is 308 g/mol. The fourth-order valence-corrected chi connectivity index (χ4v) is 3.25. The molecule has 1 unspecified atom stereocenters. The van der Waals surface area contributed by atoms with Gasteiger partial charge in [0.05, 0.1) is 5.41 Å². The van der Waals surface area contributed by atoms with Gasteiger partial charge in [-0.3, -0.25) is 4.79 Å². The third kappa shape index (κ3) is 2.89. The number of anilines is 1. The van der Waals surface area contributed by atoms with Gasteiger partial charge in [-0.2, -0.15) is 0 Å². The van der Waals surface area contributed by atoms with Crippen molar-refractivity contribution in [3.05, 3.63) is 64.7 Å². The van der Waals surface area contributed by atoms with Gasteiger partial charge in [-0.25, -0.2) is 0 Å². The molecule has 1 heterocycles. The van der Waals surface area contributed by atoms with E-state index in [4.69, 9.17) is 5.73 Å². The Kier molecular flexibility index (Phi) is 3.99. The lowest BCUT2D eigenvalue weighted by Crippen LogP contribution is -2.26. The van der Waals surface area contributed by atoms with E-state index in [1.807, 2.05) is 32.0 Å². The summed E-state index contributed by atoms with van der Waals surface area (Å²) in [6.45, 7) is 5.99. The average Bonchev–Trinajstić information content (AvgIpc) is 2.76. The molecule has 0 aromatic heterocycles. The van der Waals surface area contributed by atoms with Gasteiger partial charge >= 0.3 is 0 Å². The molecule has 0 aliphatic carbocycles. The summed E-state index contributed by atoms with van der Waals surface area (Å²) in [6, 6.07) is 14.5. The number of fused-ring (bicyclic) bond motifs is 1. The van der Waals surface area contributed by atoms with Crippen molar-refractivity contribution in [2.45, 2.75) is 45.1 Å². The summed E-state index contributed by atoms with van der Waals surface area (Å²) in [4.78, 5) is 12.3. The monoisotopic (exact) mass is 308 g/mol. The first-order valence-corrected chi connectivity index (χ1v) is 8.15. The summed E-state index contributed by atoms with van der Waals surface area (Å²) in [5, 5.41) is 3.04. The molecule has 2 aromatic carbocycles. The van der Waals surface area contributed by atoms with E-state index in [1.54, 1.807) is 0 Å². The molecule has 0 saturated heterocycles. The van der Waals surface area contributed by atoms with Gasteiger partial charge in [0, 0.05) is 11.7 Å². The van der Waals surface area contributed by atoms with Crippen molar-refractivity contribution in [3.63, 3.8) is 0 Å². The Bertz CT molecular complexity index is 735. The second-order valence-corrected chi connectivity index (χ2v) is 6.99. The number of carbonyl (C=O) groups excluding carboxylic acids is 1. The van der Waals surface area contributed by atoms with Gasteiger partial charge in [-0.15, -0.1) is 0 Å². The van der Waals surface area contributed by atoms with E-state index in [2.05, 4.69) is 36.5 Å². The molecule has 1 atom stereocenters. The number of carbonyl (C=O) groups is 1. The van der Waals surface area contributed by atoms with Crippen LogP contribution < -0.4 is 11.1 Å². The van der Waals surface area contributed by atoms with E-state index in [-0.39, 0.29) is 11.9 Å². The molecule has 0 spiro atoms. The molecule has 0 saturated carbocycles. The first-order valence-electron chi connectivity index (χ1n) is 8.15. The number of hydrogen-bond donors (Lipinski definition) is 2. The molecule has 3 nitrogen and oxygen atoms in total. The summed E-state index contributed by atoms with van der Waals surface area (Å²) in [5.41, 5.74) is 11.5. The molecule has 1 amide bonds. The molecule has 0 fully saturated rings. The zero-order valence-corrected chi connectivity index (χ0v) is 14.0. The van der Waals surface area contributed by atoms with Crippen LogP contribution in [0.1, 0.15) is 48.6 Å². The van der Waals surface area contributed by atoms with Gasteiger partial charge in [0.15, 0.2) is 0 Å². The van der Waals surface area contributed by atoms with Crippen molar-refractivity contribution in [2.24, 2.45) is 5.73 Å². The Hall–Kier alpha value is -2.13. The lowest BCUT2D eigenvalue weighted by molar-refractivity contribution is -0.119. The van der Waals surface area contributed by atoms with Crippen LogP contribution in [0.25, 0.3) is 0 Å². The minimum absolute atomic E-state index is 0.0506. The predicted octanol–water partition coefficient (Wildman–Crippen LogP) is 3.86. The summed E-state index contributed by atoms with van der Waals surface area (Å²) < 4.78 is 0. The second kappa shape index (κ2) is 5.82. The van der Waals surface area contributed by atoms with Crippen LogP contribution >= 0.6 is 0 Å². The number of nitrogens with one attached hydrogen (secondary N) is 1. The van der Waals surface area contributed by atoms with Crippen molar-refractivity contribution in [2.75, 3.05) is 5.32 Å². The number of hydrogen-bond acceptors (Lipinski definition) is 2. The maximum absolute atomic E-state index is 12.3. The Morgan fingerprint density at radius 2 is 1.87 bits per heavy atom. The third-order valence-corrected chi connectivity index (χ3v) is 4.78. The van der Waals surface area contributed by atoms with Gasteiger partial charge in [0.1, 0.15) is 0 Å². The topological polar surface area (TPSA) is 55.1 Å². The number of rotatable bonds is 4. The van der Waals surface area contributed by atoms with E-state index in [0.717, 1.165) is 35.2 Å². The van der Waals surface area contributed by atoms with Gasteiger partial charge in [0.2, 0.25) is 5.91 Å². The van der Waals surface area contributed by atoms with Gasteiger partial charge in [-0.05, 0) is 50.3 Å². The summed E-state index contributed by atoms with van der Waals surface area (Å²) in [7, 11) is 0. The van der Waals surface area contributed by atoms with Gasteiger partial charge < -0.3 is 11.1 Å². The highest BCUT2D eigenvalue weighted by atomic mass is 16.2. The number of aryl methyl sites for hydroxylation is 2. The maximum Gasteiger partial charge on any atom is 0.234 e. The fraction of sp³-hybridized carbons (Fsp3) is 0.350. The molecule has 2 aromatic rings. The van der Waals surface area contributed by atoms with Crippen LogP contribution in [0.2, 0.25) is 0 Å². The lowest BCUT2D eigenvalue weighted by Gasteiger charge is -2.19. The summed E-state index contributed by atoms with van der Waals surface area (Å²) in [5.74, 6) is 0.0506. The minimum Gasteiger partial charge on any atom is -0.325 e. The van der Waals surface area contributed by atoms with Crippen LogP contribution in [0.5, 0.6) is 0 Å². The Morgan fingerprint density at radius 3 is 2.57 bits per heavy atom. The van der Waals surface area contributed by atoms with Crippen LogP contribution in [0.4, 0.5) is 5.69 Å². The molecule has 3 N–H and O–H groups in total. The molecule has 1 aliphatic rings. The van der Waals surface area contributed by atoms with Crippen molar-refractivity contribution in [3.8, 4) is 0 Å². The van der Waals surface area contributed by atoms with Crippen LogP contribution in [-0.2, 0) is 16.6 Å². The number of nitrogens with two attached hydrogens (primary N) is 1. The Morgan fingerprint density at radius 1 is 1.17 bits per heavy atom. The highest BCUT2D eigenvalue weighted by molar-refractivity contribution is 6.06. The standard InChI is InChI=1S/C20H24N2O/c1-13-11-15(17(21)10-9-14-7-5-4-6-8-14)18-16(12-13)20(2,3)19(23)22-18/h4-8,11-12,17H,9-10,21H2,1-3H3,(H,22,23). The highest BCUT2D eigenvalue weighted by Gasteiger charge is 2.40. The Labute approximate surface area is 137 Å². The maximum atomic E-state index is 12.3. The predicted molar refractivity (Wildman–Crippen MR) is 94.5 cm³/mol. The smallest absolute Gasteiger partial charge is 0.234 e. The van der Waals surface area contributed by atoms with E-state index < -0.39 is 5.41 Å². The van der Waals surface area contributed by atoms with Crippen molar-refractivity contribution >= 4 is 11.6 Å². The molecule has 0 bridgehead atoms. The summed E-state index contributed by atoms with van der Waals surface area (Å²) >= 11 is 0. The SMILES string of the molecule is Cc1cc(C(N)CCc2ccccc2)c2c(c1)C(C)(C)C(=O)N2. The van der Waals surface area contributed by atoms with E-state index in [1.165, 1.54) is 5.56 Å². The van der Waals surface area contributed by atoms with Crippen LogP contribution in [0.3, 0.4) is 0 Å². The lowest BCUT2D eigenvalue weighted by atomic mass is 9.83. The molecular formula is C20H24N2O. The largest absolute Gasteiger partial charge is 0.325 e. The molecule has 3 heteroatoms. The van der Waals surface area contributed by atoms with Crippen LogP contribution in [0.15, 0.2) is 42.5 Å². The second-order valence-electron chi connectivity index (χ2n) is 6.99. The molecular weight excluding hydrogens is 284 g/mol. The quantitative estimate of drug-likeness (QED) is 0.901. The summed E-state index contributed by atoms with van der Waals surface area (Å²) in [6.07, 6.45) is 1.79. The van der Waals surface area contributed by atoms with Gasteiger partial charge in [-0.1, -0.05) is 48.0 Å². The third-order valence-electron chi connectivity index (χ3n) is 4.78. The molecule has 1 aliphatic heterocycles. The first-order chi connectivity index (χ1) is 10.9. The minimum atomic E-state index is -0.491. The number of amides is 1. The van der Waals surface area contributed by atoms with Crippen LogP contribution in [0, 0.1) is 6.92 Å². The van der Waals surface area contributed by atoms with E-state index in [9.17, 15) is 4.79 Å². The van der Waals surface area contributed by atoms with Crippen molar-refractivity contribution < 1.29 is 4.79 Å². The fourth-order valence-electron chi connectivity index (χ4n) is 3.25. The zero-order valence-electron chi connectivity index (χ0n) is 14.0. The molecule has 120 valence electrons. The van der Waals surface area contributed by atoms with Crippen LogP contribution in [-0.4, -0.2) is 5.91 Å².